The average molecular weight is 313 g/mol. The first-order valence-corrected chi connectivity index (χ1v) is 7.30. The zero-order chi connectivity index (χ0) is 13.0. The first kappa shape index (κ1) is 13.8. The first-order chi connectivity index (χ1) is 8.74. The van der Waals surface area contributed by atoms with Crippen LogP contribution in [0.1, 0.15) is 18.4 Å². The highest BCUT2D eigenvalue weighted by atomic mass is 79.9. The molecule has 0 saturated carbocycles. The minimum atomic E-state index is 0.426. The Hall–Kier alpha value is -0.580. The standard InChI is InChI=1S/C14H21BrN2O/c1-18-13-5-8-17(9-6-13)14-3-2-12(15)10-11(14)4-7-16/h2-3,10,13H,4-9,16H2,1H3. The second-order valence-electron chi connectivity index (χ2n) is 4.73. The number of nitrogens with zero attached hydrogens (tertiary/aromatic N) is 1. The van der Waals surface area contributed by atoms with Crippen LogP contribution in [0.3, 0.4) is 0 Å². The van der Waals surface area contributed by atoms with Crippen LogP contribution in [-0.2, 0) is 11.2 Å². The zero-order valence-corrected chi connectivity index (χ0v) is 12.4. The molecule has 1 fully saturated rings. The van der Waals surface area contributed by atoms with Crippen LogP contribution in [0.5, 0.6) is 0 Å². The van der Waals surface area contributed by atoms with E-state index in [0.717, 1.165) is 36.8 Å². The molecule has 0 unspecified atom stereocenters. The van der Waals surface area contributed by atoms with Gasteiger partial charge in [0.2, 0.25) is 0 Å². The third kappa shape index (κ3) is 3.25. The molecule has 1 aromatic carbocycles. The van der Waals surface area contributed by atoms with E-state index in [-0.39, 0.29) is 0 Å². The summed E-state index contributed by atoms with van der Waals surface area (Å²) < 4.78 is 6.54. The number of methoxy groups -OCH3 is 1. The molecular weight excluding hydrogens is 292 g/mol. The Morgan fingerprint density at radius 1 is 1.39 bits per heavy atom. The van der Waals surface area contributed by atoms with Crippen molar-refractivity contribution in [2.24, 2.45) is 5.73 Å². The van der Waals surface area contributed by atoms with Crippen molar-refractivity contribution in [1.29, 1.82) is 0 Å². The minimum absolute atomic E-state index is 0.426. The molecule has 0 radical (unpaired) electrons. The van der Waals surface area contributed by atoms with Gasteiger partial charge in [-0.3, -0.25) is 0 Å². The van der Waals surface area contributed by atoms with Crippen LogP contribution in [-0.4, -0.2) is 32.8 Å². The van der Waals surface area contributed by atoms with Gasteiger partial charge in [-0.25, -0.2) is 0 Å². The lowest BCUT2D eigenvalue weighted by Gasteiger charge is -2.34. The third-order valence-corrected chi connectivity index (χ3v) is 4.06. The topological polar surface area (TPSA) is 38.5 Å². The van der Waals surface area contributed by atoms with Crippen molar-refractivity contribution < 1.29 is 4.74 Å². The molecule has 0 aliphatic carbocycles. The number of nitrogens with two attached hydrogens (primary N) is 1. The summed E-state index contributed by atoms with van der Waals surface area (Å²) in [5, 5.41) is 0. The summed E-state index contributed by atoms with van der Waals surface area (Å²) in [5.74, 6) is 0. The van der Waals surface area contributed by atoms with Gasteiger partial charge in [-0.15, -0.1) is 0 Å². The Balaban J connectivity index is 2.13. The average Bonchev–Trinajstić information content (AvgIpc) is 2.40. The number of ether oxygens (including phenoxy) is 1. The quantitative estimate of drug-likeness (QED) is 0.928. The summed E-state index contributed by atoms with van der Waals surface area (Å²) in [6.07, 6.45) is 3.57. The van der Waals surface area contributed by atoms with Crippen LogP contribution >= 0.6 is 15.9 Å². The van der Waals surface area contributed by atoms with Crippen LogP contribution < -0.4 is 10.6 Å². The van der Waals surface area contributed by atoms with Gasteiger partial charge in [-0.2, -0.15) is 0 Å². The maximum atomic E-state index is 5.70. The van der Waals surface area contributed by atoms with Crippen LogP contribution in [0.25, 0.3) is 0 Å². The molecule has 100 valence electrons. The fourth-order valence-electron chi connectivity index (χ4n) is 2.55. The molecule has 0 aromatic heterocycles. The summed E-state index contributed by atoms with van der Waals surface area (Å²) in [5.41, 5.74) is 8.37. The lowest BCUT2D eigenvalue weighted by atomic mass is 10.0. The van der Waals surface area contributed by atoms with E-state index in [1.54, 1.807) is 7.11 Å². The smallest absolute Gasteiger partial charge is 0.0605 e. The Labute approximate surface area is 117 Å². The highest BCUT2D eigenvalue weighted by Gasteiger charge is 2.20. The molecule has 1 aliphatic rings. The van der Waals surface area contributed by atoms with E-state index >= 15 is 0 Å². The van der Waals surface area contributed by atoms with E-state index < -0.39 is 0 Å². The van der Waals surface area contributed by atoms with Gasteiger partial charge >= 0.3 is 0 Å². The number of benzene rings is 1. The molecule has 0 amide bonds. The van der Waals surface area contributed by atoms with Gasteiger partial charge in [0.1, 0.15) is 0 Å². The molecule has 4 heteroatoms. The highest BCUT2D eigenvalue weighted by Crippen LogP contribution is 2.28. The number of halogens is 1. The van der Waals surface area contributed by atoms with Crippen molar-refractivity contribution in [2.45, 2.75) is 25.4 Å². The van der Waals surface area contributed by atoms with Crippen LogP contribution in [0.15, 0.2) is 22.7 Å². The number of piperidine rings is 1. The van der Waals surface area contributed by atoms with Crippen molar-refractivity contribution >= 4 is 21.6 Å². The van der Waals surface area contributed by atoms with Crippen molar-refractivity contribution in [1.82, 2.24) is 0 Å². The predicted octanol–water partition coefficient (Wildman–Crippen LogP) is 2.57. The molecule has 18 heavy (non-hydrogen) atoms. The highest BCUT2D eigenvalue weighted by molar-refractivity contribution is 9.10. The second-order valence-corrected chi connectivity index (χ2v) is 5.65. The lowest BCUT2D eigenvalue weighted by Crippen LogP contribution is -2.37. The van der Waals surface area contributed by atoms with E-state index in [4.69, 9.17) is 10.5 Å². The zero-order valence-electron chi connectivity index (χ0n) is 10.9. The first-order valence-electron chi connectivity index (χ1n) is 6.51. The molecule has 2 rings (SSSR count). The number of hydrogen-bond acceptors (Lipinski definition) is 3. The van der Waals surface area contributed by atoms with E-state index in [1.165, 1.54) is 11.3 Å². The Morgan fingerprint density at radius 2 is 2.11 bits per heavy atom. The van der Waals surface area contributed by atoms with Crippen LogP contribution in [0, 0.1) is 0 Å². The SMILES string of the molecule is COC1CCN(c2ccc(Br)cc2CCN)CC1. The molecule has 1 saturated heterocycles. The van der Waals surface area contributed by atoms with Gasteiger partial charge in [0.25, 0.3) is 0 Å². The molecule has 3 nitrogen and oxygen atoms in total. The van der Waals surface area contributed by atoms with Crippen molar-refractivity contribution in [3.8, 4) is 0 Å². The van der Waals surface area contributed by atoms with E-state index in [2.05, 4.69) is 39.0 Å². The maximum absolute atomic E-state index is 5.70. The van der Waals surface area contributed by atoms with Gasteiger partial charge in [0.15, 0.2) is 0 Å². The third-order valence-electron chi connectivity index (χ3n) is 3.57. The monoisotopic (exact) mass is 312 g/mol. The number of rotatable bonds is 4. The summed E-state index contributed by atoms with van der Waals surface area (Å²) in [4.78, 5) is 2.45. The molecule has 0 spiro atoms. The van der Waals surface area contributed by atoms with E-state index in [0.29, 0.717) is 12.6 Å². The van der Waals surface area contributed by atoms with E-state index in [1.807, 2.05) is 0 Å². The Kier molecular flexibility index (Phi) is 5.03. The number of anilines is 1. The maximum Gasteiger partial charge on any atom is 0.0605 e. The molecule has 1 heterocycles. The molecule has 1 aromatic rings. The molecule has 2 N–H and O–H groups in total. The summed E-state index contributed by atoms with van der Waals surface area (Å²) in [6, 6.07) is 6.49. The largest absolute Gasteiger partial charge is 0.381 e. The van der Waals surface area contributed by atoms with E-state index in [9.17, 15) is 0 Å². The van der Waals surface area contributed by atoms with Crippen molar-refractivity contribution in [2.75, 3.05) is 31.6 Å². The molecule has 0 bridgehead atoms. The van der Waals surface area contributed by atoms with Gasteiger partial charge in [-0.05, 0) is 49.6 Å². The van der Waals surface area contributed by atoms with Gasteiger partial charge < -0.3 is 15.4 Å². The van der Waals surface area contributed by atoms with Crippen molar-refractivity contribution in [3.63, 3.8) is 0 Å². The van der Waals surface area contributed by atoms with Crippen LogP contribution in [0.4, 0.5) is 5.69 Å². The molecular formula is C14H21BrN2O. The minimum Gasteiger partial charge on any atom is -0.381 e. The Bertz CT molecular complexity index is 389. The van der Waals surface area contributed by atoms with Gasteiger partial charge in [0.05, 0.1) is 6.10 Å². The lowest BCUT2D eigenvalue weighted by molar-refractivity contribution is 0.0819. The summed E-state index contributed by atoms with van der Waals surface area (Å²) in [7, 11) is 1.81. The van der Waals surface area contributed by atoms with Crippen molar-refractivity contribution in [3.05, 3.63) is 28.2 Å². The summed E-state index contributed by atoms with van der Waals surface area (Å²) in [6.45, 7) is 2.83. The fourth-order valence-corrected chi connectivity index (χ4v) is 2.96. The Morgan fingerprint density at radius 3 is 2.72 bits per heavy atom. The molecule has 0 atom stereocenters. The number of hydrogen-bond donors (Lipinski definition) is 1. The fraction of sp³-hybridized carbons (Fsp3) is 0.571. The van der Waals surface area contributed by atoms with Gasteiger partial charge in [-0.1, -0.05) is 15.9 Å². The van der Waals surface area contributed by atoms with Crippen LogP contribution in [0.2, 0.25) is 0 Å². The summed E-state index contributed by atoms with van der Waals surface area (Å²) >= 11 is 3.53. The predicted molar refractivity (Wildman–Crippen MR) is 79.1 cm³/mol. The molecule has 1 aliphatic heterocycles. The second kappa shape index (κ2) is 6.55. The normalized spacial score (nSPS) is 17.2. The van der Waals surface area contributed by atoms with Gasteiger partial charge in [0, 0.05) is 30.4 Å².